The minimum Gasteiger partial charge on any atom is -0.512 e. The molecular formula is C18H14O3. The number of aliphatic hydroxyl groups is 1. The Kier molecular flexibility index (Phi) is 2.39. The zero-order valence-electron chi connectivity index (χ0n) is 11.3. The molecule has 3 aromatic carbocycles. The van der Waals surface area contributed by atoms with E-state index in [1.807, 2.05) is 36.4 Å². The van der Waals surface area contributed by atoms with Gasteiger partial charge in [-0.25, -0.2) is 0 Å². The van der Waals surface area contributed by atoms with Crippen LogP contribution in [0, 0.1) is 0 Å². The lowest BCUT2D eigenvalue weighted by Crippen LogP contribution is -2.04. The predicted molar refractivity (Wildman–Crippen MR) is 82.9 cm³/mol. The maximum atomic E-state index is 10.5. The Morgan fingerprint density at radius 3 is 1.95 bits per heavy atom. The van der Waals surface area contributed by atoms with E-state index < -0.39 is 0 Å². The molecule has 3 nitrogen and oxygen atoms in total. The molecule has 3 N–H and O–H groups in total. The normalized spacial score (nSPS) is 14.2. The first-order chi connectivity index (χ1) is 10.1. The van der Waals surface area contributed by atoms with Crippen LogP contribution < -0.4 is 0 Å². The van der Waals surface area contributed by atoms with Crippen LogP contribution in [0.5, 0.6) is 11.5 Å². The topological polar surface area (TPSA) is 60.7 Å². The summed E-state index contributed by atoms with van der Waals surface area (Å²) in [5, 5.41) is 34.1. The van der Waals surface area contributed by atoms with Gasteiger partial charge in [-0.05, 0) is 35.4 Å². The van der Waals surface area contributed by atoms with Crippen molar-refractivity contribution < 1.29 is 15.3 Å². The maximum absolute atomic E-state index is 10.5. The average Bonchev–Trinajstić information content (AvgIpc) is 2.51. The minimum atomic E-state index is 0.156. The van der Waals surface area contributed by atoms with Crippen LogP contribution in [-0.4, -0.2) is 15.3 Å². The van der Waals surface area contributed by atoms with E-state index in [0.717, 1.165) is 10.8 Å². The van der Waals surface area contributed by atoms with Gasteiger partial charge in [0.25, 0.3) is 0 Å². The Hall–Kier alpha value is -2.68. The van der Waals surface area contributed by atoms with E-state index >= 15 is 0 Å². The molecule has 1 aliphatic carbocycles. The van der Waals surface area contributed by atoms with E-state index in [1.165, 1.54) is 0 Å². The van der Waals surface area contributed by atoms with Crippen molar-refractivity contribution in [2.24, 2.45) is 0 Å². The molecule has 0 aromatic heterocycles. The van der Waals surface area contributed by atoms with E-state index in [2.05, 4.69) is 0 Å². The van der Waals surface area contributed by atoms with Gasteiger partial charge in [-0.2, -0.15) is 0 Å². The SMILES string of the molecule is OC1=CCc2c(c(O)c3cc4ccccc4cc3c2O)C1. The van der Waals surface area contributed by atoms with Gasteiger partial charge in [0.05, 0.1) is 5.76 Å². The highest BCUT2D eigenvalue weighted by Gasteiger charge is 2.22. The Labute approximate surface area is 121 Å². The first-order valence-electron chi connectivity index (χ1n) is 6.91. The van der Waals surface area contributed by atoms with Crippen LogP contribution in [0.4, 0.5) is 0 Å². The number of allylic oxidation sites excluding steroid dienone is 2. The molecule has 21 heavy (non-hydrogen) atoms. The van der Waals surface area contributed by atoms with Crippen LogP contribution in [0.1, 0.15) is 11.1 Å². The van der Waals surface area contributed by atoms with Crippen molar-refractivity contribution in [3.63, 3.8) is 0 Å². The second-order valence-electron chi connectivity index (χ2n) is 5.48. The standard InChI is InChI=1S/C18H14O3/c19-12-5-6-13-16(9-12)18(21)15-8-11-4-2-1-3-10(11)7-14(15)17(13)20/h1-5,7-8,19-21H,6,9H2. The van der Waals surface area contributed by atoms with Gasteiger partial charge in [0, 0.05) is 28.3 Å². The number of hydrogen-bond donors (Lipinski definition) is 3. The molecule has 3 heteroatoms. The quantitative estimate of drug-likeness (QED) is 0.431. The molecule has 104 valence electrons. The maximum Gasteiger partial charge on any atom is 0.127 e. The molecule has 0 spiro atoms. The number of aliphatic hydroxyl groups excluding tert-OH is 1. The van der Waals surface area contributed by atoms with Crippen molar-refractivity contribution >= 4 is 21.5 Å². The van der Waals surface area contributed by atoms with Gasteiger partial charge in [-0.15, -0.1) is 0 Å². The molecule has 0 bridgehead atoms. The Morgan fingerprint density at radius 1 is 0.762 bits per heavy atom. The first-order valence-corrected chi connectivity index (χ1v) is 6.91. The summed E-state index contributed by atoms with van der Waals surface area (Å²) in [5.74, 6) is 0.591. The molecule has 3 aromatic rings. The lowest BCUT2D eigenvalue weighted by atomic mass is 9.89. The van der Waals surface area contributed by atoms with E-state index in [4.69, 9.17) is 0 Å². The van der Waals surface area contributed by atoms with Crippen LogP contribution in [0.3, 0.4) is 0 Å². The number of benzene rings is 3. The highest BCUT2D eigenvalue weighted by atomic mass is 16.3. The summed E-state index contributed by atoms with van der Waals surface area (Å²) >= 11 is 0. The Bertz CT molecular complexity index is 923. The van der Waals surface area contributed by atoms with Gasteiger partial charge in [-0.1, -0.05) is 24.3 Å². The van der Waals surface area contributed by atoms with Crippen molar-refractivity contribution in [1.82, 2.24) is 0 Å². The number of aromatic hydroxyl groups is 2. The lowest BCUT2D eigenvalue weighted by Gasteiger charge is -2.19. The zero-order valence-corrected chi connectivity index (χ0v) is 11.3. The molecule has 0 fully saturated rings. The third-order valence-electron chi connectivity index (χ3n) is 4.23. The van der Waals surface area contributed by atoms with Crippen molar-refractivity contribution in [3.05, 3.63) is 59.4 Å². The molecule has 0 saturated heterocycles. The Morgan fingerprint density at radius 2 is 1.33 bits per heavy atom. The number of rotatable bonds is 0. The zero-order chi connectivity index (χ0) is 14.6. The van der Waals surface area contributed by atoms with Gasteiger partial charge < -0.3 is 15.3 Å². The minimum absolute atomic E-state index is 0.156. The predicted octanol–water partition coefficient (Wildman–Crippen LogP) is 3.94. The third-order valence-corrected chi connectivity index (χ3v) is 4.23. The van der Waals surface area contributed by atoms with Crippen LogP contribution in [-0.2, 0) is 12.8 Å². The van der Waals surface area contributed by atoms with Crippen LogP contribution in [0.15, 0.2) is 48.2 Å². The summed E-state index contributed by atoms with van der Waals surface area (Å²) in [5.41, 5.74) is 1.32. The van der Waals surface area contributed by atoms with Gasteiger partial charge in [0.2, 0.25) is 0 Å². The monoisotopic (exact) mass is 278 g/mol. The second kappa shape index (κ2) is 4.16. The van der Waals surface area contributed by atoms with E-state index in [1.54, 1.807) is 6.08 Å². The molecule has 4 rings (SSSR count). The summed E-state index contributed by atoms with van der Waals surface area (Å²) in [4.78, 5) is 0. The number of phenols is 2. The van der Waals surface area contributed by atoms with Crippen molar-refractivity contribution in [3.8, 4) is 11.5 Å². The molecule has 0 amide bonds. The van der Waals surface area contributed by atoms with Crippen molar-refractivity contribution in [1.29, 1.82) is 0 Å². The molecule has 0 unspecified atom stereocenters. The average molecular weight is 278 g/mol. The van der Waals surface area contributed by atoms with E-state index in [9.17, 15) is 15.3 Å². The molecule has 0 radical (unpaired) electrons. The van der Waals surface area contributed by atoms with Gasteiger partial charge in [0.15, 0.2) is 0 Å². The number of phenolic OH excluding ortho intramolecular Hbond substituents is 2. The van der Waals surface area contributed by atoms with E-state index in [0.29, 0.717) is 28.3 Å². The summed E-state index contributed by atoms with van der Waals surface area (Å²) in [6.45, 7) is 0. The molecule has 0 saturated carbocycles. The summed E-state index contributed by atoms with van der Waals surface area (Å²) in [7, 11) is 0. The van der Waals surface area contributed by atoms with Crippen LogP contribution in [0.2, 0.25) is 0 Å². The summed E-state index contributed by atoms with van der Waals surface area (Å²) in [6.07, 6.45) is 2.37. The van der Waals surface area contributed by atoms with Gasteiger partial charge >= 0.3 is 0 Å². The van der Waals surface area contributed by atoms with Crippen LogP contribution >= 0.6 is 0 Å². The Balaban J connectivity index is 2.14. The van der Waals surface area contributed by atoms with Gasteiger partial charge in [0.1, 0.15) is 11.5 Å². The molecular weight excluding hydrogens is 264 g/mol. The first kappa shape index (κ1) is 12.1. The third kappa shape index (κ3) is 1.67. The van der Waals surface area contributed by atoms with Crippen LogP contribution in [0.25, 0.3) is 21.5 Å². The molecule has 0 aliphatic heterocycles. The van der Waals surface area contributed by atoms with E-state index in [-0.39, 0.29) is 23.7 Å². The smallest absolute Gasteiger partial charge is 0.127 e. The fourth-order valence-corrected chi connectivity index (χ4v) is 3.13. The summed E-state index contributed by atoms with van der Waals surface area (Å²) < 4.78 is 0. The summed E-state index contributed by atoms with van der Waals surface area (Å²) in [6, 6.07) is 11.6. The van der Waals surface area contributed by atoms with Crippen molar-refractivity contribution in [2.75, 3.05) is 0 Å². The lowest BCUT2D eigenvalue weighted by molar-refractivity contribution is 0.385. The fraction of sp³-hybridized carbons (Fsp3) is 0.111. The molecule has 0 heterocycles. The highest BCUT2D eigenvalue weighted by molar-refractivity contribution is 6.04. The molecule has 1 aliphatic rings. The highest BCUT2D eigenvalue weighted by Crippen LogP contribution is 2.43. The fourth-order valence-electron chi connectivity index (χ4n) is 3.13. The second-order valence-corrected chi connectivity index (χ2v) is 5.48. The van der Waals surface area contributed by atoms with Gasteiger partial charge in [-0.3, -0.25) is 0 Å². The number of fused-ring (bicyclic) bond motifs is 3. The largest absolute Gasteiger partial charge is 0.512 e. The number of hydrogen-bond acceptors (Lipinski definition) is 3. The molecule has 0 atom stereocenters. The van der Waals surface area contributed by atoms with Crippen molar-refractivity contribution in [2.45, 2.75) is 12.8 Å².